The number of carbonyl (C=O) groups excluding carboxylic acids is 2. The van der Waals surface area contributed by atoms with Crippen LogP contribution in [0.2, 0.25) is 0 Å². The molecule has 1 saturated carbocycles. The lowest BCUT2D eigenvalue weighted by Crippen LogP contribution is -2.30. The van der Waals surface area contributed by atoms with Crippen molar-refractivity contribution in [2.24, 2.45) is 17.8 Å². The fourth-order valence-corrected chi connectivity index (χ4v) is 4.40. The molecule has 2 N–H and O–H groups in total. The van der Waals surface area contributed by atoms with E-state index in [2.05, 4.69) is 19.9 Å². The maximum Gasteiger partial charge on any atom is 0.420 e. The Morgan fingerprint density at radius 1 is 1.25 bits per heavy atom. The number of hydrogen-bond acceptors (Lipinski definition) is 6. The zero-order chi connectivity index (χ0) is 24.2. The molecule has 0 aromatic heterocycles. The van der Waals surface area contributed by atoms with Crippen molar-refractivity contribution in [3.05, 3.63) is 24.3 Å². The summed E-state index contributed by atoms with van der Waals surface area (Å²) in [5.74, 6) is 0.657. The van der Waals surface area contributed by atoms with E-state index in [0.717, 1.165) is 44.8 Å². The highest BCUT2D eigenvalue weighted by Crippen LogP contribution is 2.38. The van der Waals surface area contributed by atoms with Crippen molar-refractivity contribution in [1.29, 1.82) is 0 Å². The summed E-state index contributed by atoms with van der Waals surface area (Å²) in [5, 5.41) is 10.6. The van der Waals surface area contributed by atoms with E-state index >= 15 is 0 Å². The highest BCUT2D eigenvalue weighted by Gasteiger charge is 2.37. The molecule has 0 heterocycles. The van der Waals surface area contributed by atoms with Gasteiger partial charge in [0.05, 0.1) is 18.5 Å². The van der Waals surface area contributed by atoms with Crippen LogP contribution in [0, 0.1) is 17.8 Å². The van der Waals surface area contributed by atoms with Crippen molar-refractivity contribution in [1.82, 2.24) is 4.72 Å². The van der Waals surface area contributed by atoms with Crippen LogP contribution >= 0.6 is 0 Å². The summed E-state index contributed by atoms with van der Waals surface area (Å²) in [6.07, 6.45) is 15.4. The number of ketones is 1. The molecule has 32 heavy (non-hydrogen) atoms. The van der Waals surface area contributed by atoms with Crippen LogP contribution in [0.3, 0.4) is 0 Å². The van der Waals surface area contributed by atoms with Gasteiger partial charge < -0.3 is 9.84 Å². The molecule has 7 nitrogen and oxygen atoms in total. The van der Waals surface area contributed by atoms with Gasteiger partial charge in [-0.2, -0.15) is 0 Å². The standard InChI is InChI=1S/C24H41NO6S/c1-5-6-11-15-24(3,28)16-14-20-19(2)18-22(26)21(20)13-10-8-7-9-12-17-31-23(27)25-32(4,29)30/h8,10,14,16,19-21,28H,5-7,9,11-13,15,17-18H2,1-4H3,(H,25,27)/b10-8-,16-14+/t19-,20+,21-,24+/m1/s1. The van der Waals surface area contributed by atoms with E-state index in [1.165, 1.54) is 0 Å². The monoisotopic (exact) mass is 471 g/mol. The number of ether oxygens (including phenoxy) is 1. The number of Topliss-reactive ketones (excluding diaryl/α,β-unsaturated/α-hetero) is 1. The molecular weight excluding hydrogens is 430 g/mol. The second-order valence-electron chi connectivity index (χ2n) is 9.22. The number of carbonyl (C=O) groups is 2. The molecule has 0 aliphatic heterocycles. The van der Waals surface area contributed by atoms with E-state index in [9.17, 15) is 23.1 Å². The predicted molar refractivity (Wildman–Crippen MR) is 127 cm³/mol. The van der Waals surface area contributed by atoms with Gasteiger partial charge in [-0.05, 0) is 50.9 Å². The van der Waals surface area contributed by atoms with Gasteiger partial charge in [-0.3, -0.25) is 4.79 Å². The van der Waals surface area contributed by atoms with Gasteiger partial charge in [-0.15, -0.1) is 0 Å². The Hall–Kier alpha value is -1.67. The minimum Gasteiger partial charge on any atom is -0.449 e. The minimum absolute atomic E-state index is 0.0491. The second kappa shape index (κ2) is 13.8. The van der Waals surface area contributed by atoms with Gasteiger partial charge in [0, 0.05) is 12.3 Å². The molecular formula is C24H41NO6S. The average Bonchev–Trinajstić information content (AvgIpc) is 2.93. The molecule has 0 radical (unpaired) electrons. The van der Waals surface area contributed by atoms with Gasteiger partial charge >= 0.3 is 6.09 Å². The molecule has 8 heteroatoms. The van der Waals surface area contributed by atoms with E-state index in [1.807, 2.05) is 25.2 Å². The molecule has 1 aliphatic rings. The summed E-state index contributed by atoms with van der Waals surface area (Å²) in [5.41, 5.74) is -0.832. The van der Waals surface area contributed by atoms with Gasteiger partial charge in [0.15, 0.2) is 0 Å². The minimum atomic E-state index is -3.60. The molecule has 184 valence electrons. The summed E-state index contributed by atoms with van der Waals surface area (Å²) in [6.45, 7) is 6.23. The Morgan fingerprint density at radius 2 is 1.97 bits per heavy atom. The molecule has 0 spiro atoms. The topological polar surface area (TPSA) is 110 Å². The van der Waals surface area contributed by atoms with Crippen LogP contribution in [-0.2, 0) is 19.6 Å². The fraction of sp³-hybridized carbons (Fsp3) is 0.750. The number of aliphatic hydroxyl groups is 1. The number of allylic oxidation sites excluding steroid dienone is 3. The van der Waals surface area contributed by atoms with Crippen molar-refractivity contribution in [3.8, 4) is 0 Å². The zero-order valence-corrected chi connectivity index (χ0v) is 20.8. The summed E-state index contributed by atoms with van der Waals surface area (Å²) in [6, 6.07) is 0. The van der Waals surface area contributed by atoms with E-state index in [1.54, 1.807) is 4.72 Å². The SMILES string of the molecule is CCCCC[C@](C)(O)/C=C/[C@H]1[C@H](C)CC(=O)[C@@H]1C/C=C\CCCCOC(=O)NS(C)(=O)=O. The normalized spacial score (nSPS) is 23.7. The van der Waals surface area contributed by atoms with Crippen LogP contribution in [0.4, 0.5) is 4.79 Å². The molecule has 0 unspecified atom stereocenters. The van der Waals surface area contributed by atoms with Gasteiger partial charge in [0.1, 0.15) is 5.78 Å². The number of amides is 1. The largest absolute Gasteiger partial charge is 0.449 e. The van der Waals surface area contributed by atoms with Crippen molar-refractivity contribution in [2.45, 2.75) is 84.2 Å². The van der Waals surface area contributed by atoms with Crippen molar-refractivity contribution in [2.75, 3.05) is 12.9 Å². The quantitative estimate of drug-likeness (QED) is 0.285. The maximum absolute atomic E-state index is 12.5. The van der Waals surface area contributed by atoms with E-state index in [4.69, 9.17) is 4.74 Å². The maximum atomic E-state index is 12.5. The first kappa shape index (κ1) is 28.4. The molecule has 0 aromatic carbocycles. The lowest BCUT2D eigenvalue weighted by molar-refractivity contribution is -0.121. The number of unbranched alkanes of at least 4 members (excludes halogenated alkanes) is 4. The van der Waals surface area contributed by atoms with Crippen molar-refractivity contribution in [3.63, 3.8) is 0 Å². The van der Waals surface area contributed by atoms with Gasteiger partial charge in [-0.25, -0.2) is 17.9 Å². The Labute approximate surface area is 193 Å². The first-order valence-corrected chi connectivity index (χ1v) is 13.6. The molecule has 0 saturated heterocycles. The third kappa shape index (κ3) is 11.8. The highest BCUT2D eigenvalue weighted by molar-refractivity contribution is 7.89. The number of nitrogens with one attached hydrogen (secondary N) is 1. The van der Waals surface area contributed by atoms with Crippen LogP contribution in [0.1, 0.15) is 78.6 Å². The lowest BCUT2D eigenvalue weighted by atomic mass is 9.85. The number of rotatable bonds is 14. The summed E-state index contributed by atoms with van der Waals surface area (Å²) in [4.78, 5) is 23.7. The smallest absolute Gasteiger partial charge is 0.420 e. The molecule has 1 aliphatic carbocycles. The molecule has 1 rings (SSSR count). The van der Waals surface area contributed by atoms with Gasteiger partial charge in [0.2, 0.25) is 10.0 Å². The summed E-state index contributed by atoms with van der Waals surface area (Å²) < 4.78 is 28.4. The Balaban J connectivity index is 2.40. The number of sulfonamides is 1. The van der Waals surface area contributed by atoms with Crippen LogP contribution < -0.4 is 4.72 Å². The molecule has 1 fully saturated rings. The third-order valence-corrected chi connectivity index (χ3v) is 6.38. The Kier molecular flexibility index (Phi) is 12.2. The van der Waals surface area contributed by atoms with E-state index < -0.39 is 21.7 Å². The zero-order valence-electron chi connectivity index (χ0n) is 20.0. The third-order valence-electron chi connectivity index (χ3n) is 5.85. The van der Waals surface area contributed by atoms with Crippen molar-refractivity contribution < 1.29 is 27.9 Å². The fourth-order valence-electron chi connectivity index (χ4n) is 4.03. The first-order valence-electron chi connectivity index (χ1n) is 11.7. The van der Waals surface area contributed by atoms with Crippen LogP contribution in [0.25, 0.3) is 0 Å². The van der Waals surface area contributed by atoms with Gasteiger partial charge in [0.25, 0.3) is 0 Å². The first-order chi connectivity index (χ1) is 14.9. The van der Waals surface area contributed by atoms with Crippen LogP contribution in [0.15, 0.2) is 24.3 Å². The van der Waals surface area contributed by atoms with Crippen molar-refractivity contribution >= 4 is 21.9 Å². The number of hydrogen-bond donors (Lipinski definition) is 2. The molecule has 0 bridgehead atoms. The molecule has 1 amide bonds. The summed E-state index contributed by atoms with van der Waals surface area (Å²) in [7, 11) is -3.60. The second-order valence-corrected chi connectivity index (χ2v) is 11.0. The van der Waals surface area contributed by atoms with E-state index in [-0.39, 0.29) is 30.1 Å². The molecule has 0 aromatic rings. The predicted octanol–water partition coefficient (Wildman–Crippen LogP) is 4.52. The van der Waals surface area contributed by atoms with Gasteiger partial charge in [-0.1, -0.05) is 57.4 Å². The highest BCUT2D eigenvalue weighted by atomic mass is 32.2. The summed E-state index contributed by atoms with van der Waals surface area (Å²) >= 11 is 0. The van der Waals surface area contributed by atoms with Crippen LogP contribution in [0.5, 0.6) is 0 Å². The molecule has 4 atom stereocenters. The lowest BCUT2D eigenvalue weighted by Gasteiger charge is -2.22. The average molecular weight is 472 g/mol. The Morgan fingerprint density at radius 3 is 2.62 bits per heavy atom. The van der Waals surface area contributed by atoms with Crippen LogP contribution in [-0.4, -0.2) is 43.9 Å². The van der Waals surface area contributed by atoms with E-state index in [0.29, 0.717) is 19.3 Å². The Bertz CT molecular complexity index is 756.